The molecule has 3 N–H and O–H groups in total. The topological polar surface area (TPSA) is 170 Å². The van der Waals surface area contributed by atoms with Gasteiger partial charge in [-0.05, 0) is 41.5 Å². The van der Waals surface area contributed by atoms with Crippen molar-refractivity contribution >= 4 is 42.9 Å². The largest absolute Gasteiger partial charge is 0.462 e. The Hall–Kier alpha value is -2.14. The summed E-state index contributed by atoms with van der Waals surface area (Å²) in [6, 6.07) is -2.97. The number of nitrogens with one attached hydrogen (secondary N) is 2. The zero-order valence-corrected chi connectivity index (χ0v) is 25.1. The molecule has 19 heteroatoms. The molecule has 0 aromatic rings. The number of amides is 1. The molecule has 0 aliphatic carbocycles. The highest BCUT2D eigenvalue weighted by molar-refractivity contribution is 7.54. The van der Waals surface area contributed by atoms with E-state index in [1.165, 1.54) is 27.7 Å². The molecule has 0 spiro atoms. The van der Waals surface area contributed by atoms with Crippen LogP contribution in [0.3, 0.4) is 0 Å². The van der Waals surface area contributed by atoms with Crippen LogP contribution in [0, 0.1) is 0 Å². The molecule has 42 heavy (non-hydrogen) atoms. The number of halogens is 5. The SMILES string of the molecule is CC(C)OC(=O)[C@H](C)NP(=O)(N[C@@H](C)C(=O)OC(C)C)OC[C@@]1(C(F)F)O[C@@H](N2C=C(Cl)C(=O)CC2=O)[C@H](O)C1(F)F. The minimum atomic E-state index is -4.91. The van der Waals surface area contributed by atoms with Gasteiger partial charge in [0.2, 0.25) is 11.5 Å². The first-order valence-electron chi connectivity index (χ1n) is 12.6. The smallest absolute Gasteiger partial charge is 0.342 e. The molecule has 0 aromatic heterocycles. The third kappa shape index (κ3) is 7.87. The number of ether oxygens (including phenoxy) is 3. The second-order valence-electron chi connectivity index (χ2n) is 10.1. The number of carbonyl (C=O) groups excluding carboxylic acids is 4. The summed E-state index contributed by atoms with van der Waals surface area (Å²) in [5.74, 6) is -8.90. The summed E-state index contributed by atoms with van der Waals surface area (Å²) in [6.07, 6.45) is -11.3. The molecule has 2 aliphatic rings. The van der Waals surface area contributed by atoms with Crippen molar-refractivity contribution in [3.8, 4) is 0 Å². The number of rotatable bonds is 13. The number of alkyl halides is 4. The predicted octanol–water partition coefficient (Wildman–Crippen LogP) is 2.21. The molecule has 1 fully saturated rings. The maximum absolute atomic E-state index is 15.4. The number of hydrogen-bond donors (Lipinski definition) is 3. The Morgan fingerprint density at radius 2 is 1.57 bits per heavy atom. The number of hydrogen-bond acceptors (Lipinski definition) is 10. The molecule has 2 aliphatic heterocycles. The second-order valence-corrected chi connectivity index (χ2v) is 12.4. The number of carbonyl (C=O) groups is 4. The summed E-state index contributed by atoms with van der Waals surface area (Å²) in [5.41, 5.74) is -4.03. The number of allylic oxidation sites excluding steroid dienone is 1. The van der Waals surface area contributed by atoms with Gasteiger partial charge in [0.25, 0.3) is 6.43 Å². The highest BCUT2D eigenvalue weighted by atomic mass is 35.5. The van der Waals surface area contributed by atoms with E-state index in [1.807, 2.05) is 0 Å². The van der Waals surface area contributed by atoms with Gasteiger partial charge in [0.05, 0.1) is 25.2 Å². The molecule has 0 aromatic carbocycles. The van der Waals surface area contributed by atoms with Crippen molar-refractivity contribution in [2.75, 3.05) is 6.61 Å². The minimum absolute atomic E-state index is 0.274. The maximum atomic E-state index is 15.4. The molecule has 0 radical (unpaired) electrons. The molecular weight excluding hydrogens is 621 g/mol. The summed E-state index contributed by atoms with van der Waals surface area (Å²) < 4.78 is 93.2. The number of nitrogens with zero attached hydrogens (tertiary/aromatic N) is 1. The third-order valence-corrected chi connectivity index (χ3v) is 8.14. The number of esters is 2. The van der Waals surface area contributed by atoms with Crippen LogP contribution in [-0.2, 0) is 42.5 Å². The van der Waals surface area contributed by atoms with Crippen LogP contribution in [0.15, 0.2) is 11.2 Å². The number of aliphatic hydroxyl groups excluding tert-OH is 1. The van der Waals surface area contributed by atoms with E-state index in [-0.39, 0.29) is 4.90 Å². The van der Waals surface area contributed by atoms with Gasteiger partial charge < -0.3 is 23.8 Å². The standard InChI is InChI=1S/C23H33ClF4N3O10P/c1-10(2)39-19(35)12(5)29-42(37,30-13(6)20(36)40-11(3)4)38-9-22(21(25)26)23(27,28)17(34)18(41-22)31-8-14(24)15(32)7-16(31)33/h8,10-13,17-18,21,34H,7,9H2,1-6H3,(H2,29,30,37)/t12-,13-,17-,18+,22-/m0/s1. The van der Waals surface area contributed by atoms with Gasteiger partial charge in [-0.2, -0.15) is 8.78 Å². The summed E-state index contributed by atoms with van der Waals surface area (Å²) in [7, 11) is -4.91. The lowest BCUT2D eigenvalue weighted by molar-refractivity contribution is -0.242. The Bertz CT molecular complexity index is 1110. The van der Waals surface area contributed by atoms with Gasteiger partial charge in [0.1, 0.15) is 17.1 Å². The van der Waals surface area contributed by atoms with Crippen molar-refractivity contribution in [2.24, 2.45) is 0 Å². The monoisotopic (exact) mass is 653 g/mol. The predicted molar refractivity (Wildman–Crippen MR) is 136 cm³/mol. The Labute approximate surface area is 243 Å². The quantitative estimate of drug-likeness (QED) is 0.115. The van der Waals surface area contributed by atoms with Gasteiger partial charge in [-0.15, -0.1) is 0 Å². The van der Waals surface area contributed by atoms with Crippen LogP contribution >= 0.6 is 19.3 Å². The van der Waals surface area contributed by atoms with E-state index in [0.717, 1.165) is 13.8 Å². The fraction of sp³-hybridized carbons (Fsp3) is 0.739. The van der Waals surface area contributed by atoms with E-state index in [1.54, 1.807) is 0 Å². The molecule has 1 amide bonds. The van der Waals surface area contributed by atoms with E-state index >= 15 is 8.78 Å². The van der Waals surface area contributed by atoms with E-state index in [2.05, 4.69) is 10.2 Å². The first-order valence-corrected chi connectivity index (χ1v) is 14.6. The lowest BCUT2D eigenvalue weighted by atomic mass is 9.95. The molecule has 2 heterocycles. The van der Waals surface area contributed by atoms with E-state index in [9.17, 15) is 37.6 Å². The van der Waals surface area contributed by atoms with Crippen LogP contribution in [-0.4, -0.2) is 94.8 Å². The van der Waals surface area contributed by atoms with Crippen LogP contribution in [0.5, 0.6) is 0 Å². The van der Waals surface area contributed by atoms with Crippen molar-refractivity contribution in [3.05, 3.63) is 11.2 Å². The van der Waals surface area contributed by atoms with Crippen molar-refractivity contribution in [3.63, 3.8) is 0 Å². The average molecular weight is 654 g/mol. The molecular formula is C23H33ClF4N3O10P. The van der Waals surface area contributed by atoms with Crippen LogP contribution in [0.1, 0.15) is 48.0 Å². The zero-order valence-electron chi connectivity index (χ0n) is 23.4. The first-order chi connectivity index (χ1) is 19.2. The lowest BCUT2D eigenvalue weighted by Crippen LogP contribution is -2.58. The van der Waals surface area contributed by atoms with Crippen LogP contribution in [0.4, 0.5) is 17.6 Å². The summed E-state index contributed by atoms with van der Waals surface area (Å²) in [4.78, 5) is 48.9. The van der Waals surface area contributed by atoms with Crippen LogP contribution in [0.2, 0.25) is 0 Å². The molecule has 13 nitrogen and oxygen atoms in total. The molecule has 0 bridgehead atoms. The van der Waals surface area contributed by atoms with E-state index in [0.29, 0.717) is 6.20 Å². The van der Waals surface area contributed by atoms with Gasteiger partial charge in [-0.1, -0.05) is 11.6 Å². The Balaban J connectivity index is 2.44. The second kappa shape index (κ2) is 13.7. The van der Waals surface area contributed by atoms with E-state index in [4.69, 9.17) is 30.3 Å². The number of aliphatic hydroxyl groups is 1. The Morgan fingerprint density at radius 3 is 2.00 bits per heavy atom. The number of ketones is 1. The molecule has 2 rings (SSSR count). The van der Waals surface area contributed by atoms with Crippen molar-refractivity contribution in [2.45, 2.75) is 103 Å². The molecule has 0 saturated carbocycles. The van der Waals surface area contributed by atoms with Crippen molar-refractivity contribution < 1.29 is 65.1 Å². The van der Waals surface area contributed by atoms with E-state index < -0.39 is 104 Å². The Kier molecular flexibility index (Phi) is 11.7. The molecule has 0 unspecified atom stereocenters. The highest BCUT2D eigenvalue weighted by Crippen LogP contribution is 2.52. The van der Waals surface area contributed by atoms with Gasteiger partial charge in [-0.3, -0.25) is 28.6 Å². The first kappa shape index (κ1) is 36.1. The summed E-state index contributed by atoms with van der Waals surface area (Å²) in [6.45, 7) is 6.39. The summed E-state index contributed by atoms with van der Waals surface area (Å²) in [5, 5.41) is 14.0. The average Bonchev–Trinajstić information content (AvgIpc) is 3.05. The summed E-state index contributed by atoms with van der Waals surface area (Å²) >= 11 is 5.68. The molecule has 5 atom stereocenters. The third-order valence-electron chi connectivity index (χ3n) is 5.88. The molecule has 240 valence electrons. The normalized spacial score (nSPS) is 26.1. The van der Waals surface area contributed by atoms with Gasteiger partial charge in [-0.25, -0.2) is 19.0 Å². The van der Waals surface area contributed by atoms with Gasteiger partial charge >= 0.3 is 25.5 Å². The highest BCUT2D eigenvalue weighted by Gasteiger charge is 2.74. The van der Waals surface area contributed by atoms with Crippen LogP contribution < -0.4 is 10.2 Å². The van der Waals surface area contributed by atoms with Gasteiger partial charge in [0.15, 0.2) is 18.1 Å². The maximum Gasteiger partial charge on any atom is 0.342 e. The van der Waals surface area contributed by atoms with Crippen molar-refractivity contribution in [1.82, 2.24) is 15.1 Å². The lowest BCUT2D eigenvalue weighted by Gasteiger charge is -2.35. The minimum Gasteiger partial charge on any atom is -0.462 e. The zero-order chi connectivity index (χ0) is 32.4. The Morgan fingerprint density at radius 1 is 1.10 bits per heavy atom. The number of Topliss-reactive ketones (excluding diaryl/α,β-unsaturated/α-hetero) is 1. The van der Waals surface area contributed by atoms with Crippen molar-refractivity contribution in [1.29, 1.82) is 0 Å². The van der Waals surface area contributed by atoms with Gasteiger partial charge in [0, 0.05) is 6.20 Å². The van der Waals surface area contributed by atoms with Crippen LogP contribution in [0.25, 0.3) is 0 Å². The fourth-order valence-corrected chi connectivity index (χ4v) is 5.76. The molecule has 1 saturated heterocycles. The fourth-order valence-electron chi connectivity index (χ4n) is 3.76.